The number of anilines is 2. The fourth-order valence-electron chi connectivity index (χ4n) is 1.96. The van der Waals surface area contributed by atoms with Crippen molar-refractivity contribution in [3.8, 4) is 0 Å². The molecule has 128 valence electrons. The van der Waals surface area contributed by atoms with Crippen molar-refractivity contribution in [3.05, 3.63) is 59.6 Å². The van der Waals surface area contributed by atoms with Gasteiger partial charge in [-0.05, 0) is 36.4 Å². The number of amides is 1. The minimum Gasteiger partial charge on any atom is -0.325 e. The lowest BCUT2D eigenvalue weighted by molar-refractivity contribution is -0.114. The summed E-state index contributed by atoms with van der Waals surface area (Å²) >= 11 is 5.80. The Kier molecular flexibility index (Phi) is 5.82. The van der Waals surface area contributed by atoms with Gasteiger partial charge in [0.15, 0.2) is 0 Å². The Labute approximate surface area is 146 Å². The summed E-state index contributed by atoms with van der Waals surface area (Å²) in [5.41, 5.74) is 0.956. The van der Waals surface area contributed by atoms with Crippen molar-refractivity contribution < 1.29 is 13.2 Å². The summed E-state index contributed by atoms with van der Waals surface area (Å²) in [6.07, 6.45) is 0. The highest BCUT2D eigenvalue weighted by atomic mass is 35.5. The fraction of sp³-hybridized carbons (Fsp3) is 0.188. The van der Waals surface area contributed by atoms with E-state index < -0.39 is 16.1 Å². The van der Waals surface area contributed by atoms with E-state index in [0.29, 0.717) is 16.4 Å². The molecule has 0 atom stereocenters. The first-order valence-corrected chi connectivity index (χ1v) is 8.89. The van der Waals surface area contributed by atoms with E-state index in [0.717, 1.165) is 8.61 Å². The number of carbonyl (C=O) groups is 1. The van der Waals surface area contributed by atoms with Crippen LogP contribution in [0.15, 0.2) is 54.6 Å². The largest absolute Gasteiger partial charge is 0.325 e. The normalized spacial score (nSPS) is 11.3. The quantitative estimate of drug-likeness (QED) is 0.853. The monoisotopic (exact) mass is 367 g/mol. The summed E-state index contributed by atoms with van der Waals surface area (Å²) in [6, 6.07) is 15.0. The number of nitrogens with zero attached hydrogens (tertiary/aromatic N) is 2. The predicted molar refractivity (Wildman–Crippen MR) is 96.5 cm³/mol. The van der Waals surface area contributed by atoms with E-state index in [4.69, 9.17) is 11.6 Å². The third-order valence-electron chi connectivity index (χ3n) is 3.20. The molecular weight excluding hydrogens is 350 g/mol. The van der Waals surface area contributed by atoms with Gasteiger partial charge < -0.3 is 5.32 Å². The van der Waals surface area contributed by atoms with Gasteiger partial charge in [0.25, 0.3) is 0 Å². The molecule has 0 aliphatic rings. The van der Waals surface area contributed by atoms with Crippen LogP contribution in [0.5, 0.6) is 0 Å². The summed E-state index contributed by atoms with van der Waals surface area (Å²) in [5, 5.41) is 3.21. The van der Waals surface area contributed by atoms with E-state index in [1.165, 1.54) is 14.1 Å². The molecule has 0 aromatic heterocycles. The van der Waals surface area contributed by atoms with Gasteiger partial charge in [-0.1, -0.05) is 29.8 Å². The number of rotatable bonds is 6. The van der Waals surface area contributed by atoms with Crippen LogP contribution in [0.1, 0.15) is 0 Å². The van der Waals surface area contributed by atoms with Crippen molar-refractivity contribution in [1.82, 2.24) is 4.31 Å². The van der Waals surface area contributed by atoms with Crippen LogP contribution < -0.4 is 9.62 Å². The molecule has 0 fully saturated rings. The Bertz CT molecular complexity index is 793. The van der Waals surface area contributed by atoms with Crippen molar-refractivity contribution in [2.24, 2.45) is 0 Å². The van der Waals surface area contributed by atoms with Gasteiger partial charge in [-0.3, -0.25) is 4.79 Å². The molecule has 0 saturated carbocycles. The zero-order valence-corrected chi connectivity index (χ0v) is 14.9. The van der Waals surface area contributed by atoms with E-state index in [1.807, 2.05) is 0 Å². The summed E-state index contributed by atoms with van der Waals surface area (Å²) in [7, 11) is -0.963. The maximum atomic E-state index is 12.5. The van der Waals surface area contributed by atoms with E-state index in [1.54, 1.807) is 54.6 Å². The Morgan fingerprint density at radius 3 is 2.17 bits per heavy atom. The van der Waals surface area contributed by atoms with Crippen molar-refractivity contribution in [1.29, 1.82) is 0 Å². The zero-order chi connectivity index (χ0) is 17.7. The smallest absolute Gasteiger partial charge is 0.304 e. The van der Waals surface area contributed by atoms with Crippen LogP contribution in [-0.4, -0.2) is 39.3 Å². The molecule has 0 saturated heterocycles. The fourth-order valence-corrected chi connectivity index (χ4v) is 3.15. The van der Waals surface area contributed by atoms with Crippen LogP contribution in [-0.2, 0) is 15.0 Å². The third kappa shape index (κ3) is 4.47. The van der Waals surface area contributed by atoms with Gasteiger partial charge in [0.2, 0.25) is 5.91 Å². The molecule has 6 nitrogen and oxygen atoms in total. The lowest BCUT2D eigenvalue weighted by atomic mass is 10.3. The SMILES string of the molecule is CN(C)S(=O)(=O)N(CC(=O)Nc1ccc(Cl)cc1)c1ccccc1. The molecule has 0 aliphatic carbocycles. The molecule has 0 bridgehead atoms. The molecule has 2 rings (SSSR count). The predicted octanol–water partition coefficient (Wildman–Crippen LogP) is 2.59. The Morgan fingerprint density at radius 2 is 1.62 bits per heavy atom. The van der Waals surface area contributed by atoms with Gasteiger partial charge in [0.05, 0.1) is 5.69 Å². The second-order valence-corrected chi connectivity index (χ2v) is 7.69. The summed E-state index contributed by atoms with van der Waals surface area (Å²) in [4.78, 5) is 12.3. The van der Waals surface area contributed by atoms with E-state index in [9.17, 15) is 13.2 Å². The molecule has 1 N–H and O–H groups in total. The van der Waals surface area contributed by atoms with Gasteiger partial charge in [-0.2, -0.15) is 12.7 Å². The molecule has 0 heterocycles. The lowest BCUT2D eigenvalue weighted by Gasteiger charge is -2.26. The van der Waals surface area contributed by atoms with Gasteiger partial charge in [0.1, 0.15) is 6.54 Å². The van der Waals surface area contributed by atoms with Gasteiger partial charge in [0, 0.05) is 24.8 Å². The Morgan fingerprint density at radius 1 is 1.04 bits per heavy atom. The standard InChI is InChI=1S/C16H18ClN3O3S/c1-19(2)24(22,23)20(15-6-4-3-5-7-15)12-16(21)18-14-10-8-13(17)9-11-14/h3-11H,12H2,1-2H3,(H,18,21). The first-order valence-electron chi connectivity index (χ1n) is 7.11. The first-order chi connectivity index (χ1) is 11.3. The molecule has 0 spiro atoms. The molecule has 24 heavy (non-hydrogen) atoms. The average molecular weight is 368 g/mol. The number of carbonyl (C=O) groups excluding carboxylic acids is 1. The van der Waals surface area contributed by atoms with Crippen LogP contribution in [0.3, 0.4) is 0 Å². The number of nitrogens with one attached hydrogen (secondary N) is 1. The number of para-hydroxylation sites is 1. The summed E-state index contributed by atoms with van der Waals surface area (Å²) in [5.74, 6) is -0.452. The molecule has 0 aliphatic heterocycles. The number of hydrogen-bond donors (Lipinski definition) is 1. The van der Waals surface area contributed by atoms with Crippen molar-refractivity contribution >= 4 is 39.1 Å². The zero-order valence-electron chi connectivity index (χ0n) is 13.3. The number of benzene rings is 2. The van der Waals surface area contributed by atoms with Gasteiger partial charge >= 0.3 is 10.2 Å². The second kappa shape index (κ2) is 7.65. The van der Waals surface area contributed by atoms with E-state index >= 15 is 0 Å². The highest BCUT2D eigenvalue weighted by molar-refractivity contribution is 7.90. The summed E-state index contributed by atoms with van der Waals surface area (Å²) < 4.78 is 27.2. The number of hydrogen-bond acceptors (Lipinski definition) is 3. The molecule has 0 unspecified atom stereocenters. The second-order valence-electron chi connectivity index (χ2n) is 5.19. The number of halogens is 1. The Balaban J connectivity index is 2.22. The summed E-state index contributed by atoms with van der Waals surface area (Å²) in [6.45, 7) is -0.340. The van der Waals surface area contributed by atoms with Gasteiger partial charge in [-0.15, -0.1) is 0 Å². The maximum Gasteiger partial charge on any atom is 0.304 e. The van der Waals surface area contributed by atoms with E-state index in [-0.39, 0.29) is 6.54 Å². The van der Waals surface area contributed by atoms with Crippen LogP contribution in [0.2, 0.25) is 5.02 Å². The topological polar surface area (TPSA) is 69.7 Å². The third-order valence-corrected chi connectivity index (χ3v) is 5.27. The van der Waals surface area contributed by atoms with Crippen LogP contribution >= 0.6 is 11.6 Å². The van der Waals surface area contributed by atoms with Crippen molar-refractivity contribution in [2.75, 3.05) is 30.3 Å². The van der Waals surface area contributed by atoms with Crippen LogP contribution in [0.25, 0.3) is 0 Å². The molecule has 0 radical (unpaired) electrons. The highest BCUT2D eigenvalue weighted by Gasteiger charge is 2.27. The molecule has 8 heteroatoms. The van der Waals surface area contributed by atoms with Gasteiger partial charge in [-0.25, -0.2) is 4.31 Å². The van der Waals surface area contributed by atoms with Crippen LogP contribution in [0.4, 0.5) is 11.4 Å². The first kappa shape index (κ1) is 18.3. The molecule has 1 amide bonds. The molecular formula is C16H18ClN3O3S. The minimum atomic E-state index is -3.80. The molecule has 2 aromatic rings. The lowest BCUT2D eigenvalue weighted by Crippen LogP contribution is -2.44. The maximum absolute atomic E-state index is 12.5. The molecule has 2 aromatic carbocycles. The van der Waals surface area contributed by atoms with Crippen molar-refractivity contribution in [2.45, 2.75) is 0 Å². The van der Waals surface area contributed by atoms with Crippen LogP contribution in [0, 0.1) is 0 Å². The minimum absolute atomic E-state index is 0.340. The Hall–Kier alpha value is -2.09. The average Bonchev–Trinajstić information content (AvgIpc) is 2.55. The highest BCUT2D eigenvalue weighted by Crippen LogP contribution is 2.19. The van der Waals surface area contributed by atoms with Crippen molar-refractivity contribution in [3.63, 3.8) is 0 Å². The van der Waals surface area contributed by atoms with E-state index in [2.05, 4.69) is 5.32 Å².